The van der Waals surface area contributed by atoms with E-state index in [0.717, 1.165) is 33.0 Å². The smallest absolute Gasteiger partial charge is 0.216 e. The fourth-order valence-electron chi connectivity index (χ4n) is 5.02. The highest BCUT2D eigenvalue weighted by Crippen LogP contribution is 2.39. The Morgan fingerprint density at radius 3 is 2.38 bits per heavy atom. The molecule has 0 spiro atoms. The molecule has 6 rings (SSSR count). The van der Waals surface area contributed by atoms with Gasteiger partial charge in [-0.3, -0.25) is 0 Å². The molecule has 2 heterocycles. The fourth-order valence-corrected chi connectivity index (χ4v) is 5.02. The molecule has 4 aromatic carbocycles. The molecule has 0 unspecified atom stereocenters. The average molecular weight is 486 g/mol. The first kappa shape index (κ1) is 16.9. The zero-order valence-electron chi connectivity index (χ0n) is 26.5. The van der Waals surface area contributed by atoms with Gasteiger partial charge in [0.05, 0.1) is 12.1 Å². The van der Waals surface area contributed by atoms with Crippen LogP contribution in [0, 0.1) is 27.2 Å². The average Bonchev–Trinajstić information content (AvgIpc) is 3.34. The van der Waals surface area contributed by atoms with Crippen molar-refractivity contribution in [1.82, 2.24) is 0 Å². The molecule has 0 aliphatic heterocycles. The Morgan fingerprint density at radius 2 is 1.59 bits per heavy atom. The van der Waals surface area contributed by atoms with Gasteiger partial charge in [-0.05, 0) is 60.1 Å². The van der Waals surface area contributed by atoms with Gasteiger partial charge in [0.15, 0.2) is 11.9 Å². The molecule has 0 bridgehead atoms. The first-order valence-electron chi connectivity index (χ1n) is 14.9. The molecule has 0 radical (unpaired) electrons. The van der Waals surface area contributed by atoms with Gasteiger partial charge in [-0.1, -0.05) is 72.8 Å². The molecule has 3 heteroatoms. The number of rotatable bonds is 3. The van der Waals surface area contributed by atoms with Crippen molar-refractivity contribution in [3.8, 4) is 33.5 Å². The minimum atomic E-state index is -2.51. The van der Waals surface area contributed by atoms with E-state index in [2.05, 4.69) is 4.85 Å². The molecule has 0 aliphatic carbocycles. The Bertz CT molecular complexity index is 2080. The predicted octanol–water partition coefficient (Wildman–Crippen LogP) is 8.89. The Labute approximate surface area is 225 Å². The summed E-state index contributed by atoms with van der Waals surface area (Å²) in [6.07, 6.45) is 1.56. The van der Waals surface area contributed by atoms with Crippen LogP contribution < -0.4 is 4.57 Å². The Morgan fingerprint density at radius 1 is 0.784 bits per heavy atom. The van der Waals surface area contributed by atoms with Crippen LogP contribution in [-0.4, -0.2) is 0 Å². The van der Waals surface area contributed by atoms with Crippen LogP contribution in [0.5, 0.6) is 0 Å². The molecule has 0 fully saturated rings. The SMILES string of the molecule is [2H]C([2H])([2H])c1cc(-c2ccccc2)ccc1-c1cc(-c2c(C)ccc3c2oc2cc([N+]#[C-])ccc23)[n+](C)cc1C([2H])([2H])[2H]. The van der Waals surface area contributed by atoms with E-state index in [-0.39, 0.29) is 11.1 Å². The first-order chi connectivity index (χ1) is 20.4. The molecule has 0 aliphatic rings. The maximum Gasteiger partial charge on any atom is 0.216 e. The Kier molecular flexibility index (Phi) is 4.00. The number of benzene rings is 4. The van der Waals surface area contributed by atoms with Crippen LogP contribution in [0.25, 0.3) is 60.3 Å². The summed E-state index contributed by atoms with van der Waals surface area (Å²) in [4.78, 5) is 3.52. The topological polar surface area (TPSA) is 21.4 Å². The molecular formula is C34H27N2O+. The summed E-state index contributed by atoms with van der Waals surface area (Å²) < 4.78 is 58.4. The van der Waals surface area contributed by atoms with Crippen LogP contribution in [0.3, 0.4) is 0 Å². The second-order valence-corrected chi connectivity index (χ2v) is 9.25. The van der Waals surface area contributed by atoms with E-state index in [1.54, 1.807) is 48.1 Å². The largest absolute Gasteiger partial charge is 0.456 e. The minimum absolute atomic E-state index is 0.0489. The van der Waals surface area contributed by atoms with E-state index in [4.69, 9.17) is 19.2 Å². The van der Waals surface area contributed by atoms with E-state index in [9.17, 15) is 0 Å². The zero-order valence-corrected chi connectivity index (χ0v) is 20.5. The number of fused-ring (bicyclic) bond motifs is 3. The molecule has 178 valence electrons. The number of nitrogens with zero attached hydrogens (tertiary/aromatic N) is 2. The molecule has 0 saturated carbocycles. The van der Waals surface area contributed by atoms with Crippen LogP contribution in [0.4, 0.5) is 5.69 Å². The molecular weight excluding hydrogens is 452 g/mol. The van der Waals surface area contributed by atoms with Gasteiger partial charge in [-0.2, -0.15) is 0 Å². The first-order valence-corrected chi connectivity index (χ1v) is 11.9. The summed E-state index contributed by atoms with van der Waals surface area (Å²) in [5, 5.41) is 1.73. The molecule has 37 heavy (non-hydrogen) atoms. The van der Waals surface area contributed by atoms with Gasteiger partial charge in [-0.25, -0.2) is 9.41 Å². The van der Waals surface area contributed by atoms with Gasteiger partial charge < -0.3 is 4.42 Å². The van der Waals surface area contributed by atoms with Crippen molar-refractivity contribution in [1.29, 1.82) is 0 Å². The molecule has 3 nitrogen and oxygen atoms in total. The van der Waals surface area contributed by atoms with Crippen molar-refractivity contribution in [3.63, 3.8) is 0 Å². The Balaban J connectivity index is 1.66. The van der Waals surface area contributed by atoms with Crippen molar-refractivity contribution < 1.29 is 17.2 Å². The summed E-state index contributed by atoms with van der Waals surface area (Å²) in [6.45, 7) is 4.33. The lowest BCUT2D eigenvalue weighted by Crippen LogP contribution is -2.31. The minimum Gasteiger partial charge on any atom is -0.456 e. The van der Waals surface area contributed by atoms with Crippen LogP contribution in [-0.2, 0) is 7.05 Å². The molecule has 2 aromatic heterocycles. The predicted molar refractivity (Wildman–Crippen MR) is 152 cm³/mol. The summed E-state index contributed by atoms with van der Waals surface area (Å²) in [6, 6.07) is 25.7. The van der Waals surface area contributed by atoms with Crippen LogP contribution in [0.1, 0.15) is 24.9 Å². The van der Waals surface area contributed by atoms with Crippen molar-refractivity contribution >= 4 is 27.6 Å². The second-order valence-electron chi connectivity index (χ2n) is 9.25. The van der Waals surface area contributed by atoms with Gasteiger partial charge in [-0.15, -0.1) is 0 Å². The number of hydrogen-bond acceptors (Lipinski definition) is 1. The van der Waals surface area contributed by atoms with E-state index >= 15 is 0 Å². The lowest BCUT2D eigenvalue weighted by molar-refractivity contribution is -0.660. The second kappa shape index (κ2) is 8.76. The Hall–Kier alpha value is -4.68. The van der Waals surface area contributed by atoms with Crippen LogP contribution in [0.15, 0.2) is 95.5 Å². The molecule has 0 saturated heterocycles. The van der Waals surface area contributed by atoms with E-state index < -0.39 is 13.7 Å². The van der Waals surface area contributed by atoms with Crippen molar-refractivity contribution in [2.75, 3.05) is 0 Å². The zero-order chi connectivity index (χ0) is 30.7. The van der Waals surface area contributed by atoms with Crippen molar-refractivity contribution in [2.24, 2.45) is 7.05 Å². The fraction of sp³-hybridized carbons (Fsp3) is 0.118. The van der Waals surface area contributed by atoms with Crippen LogP contribution >= 0.6 is 0 Å². The monoisotopic (exact) mass is 485 g/mol. The van der Waals surface area contributed by atoms with E-state index in [1.165, 1.54) is 0 Å². The maximum absolute atomic E-state index is 8.40. The quantitative estimate of drug-likeness (QED) is 0.181. The third-order valence-corrected chi connectivity index (χ3v) is 6.91. The number of furan rings is 1. The van der Waals surface area contributed by atoms with Crippen molar-refractivity contribution in [3.05, 3.63) is 119 Å². The number of hydrogen-bond donors (Lipinski definition) is 0. The summed E-state index contributed by atoms with van der Waals surface area (Å²) in [7, 11) is 1.77. The third-order valence-electron chi connectivity index (χ3n) is 6.91. The van der Waals surface area contributed by atoms with Gasteiger partial charge >= 0.3 is 0 Å². The highest BCUT2D eigenvalue weighted by Gasteiger charge is 2.23. The third kappa shape index (κ3) is 3.79. The van der Waals surface area contributed by atoms with Gasteiger partial charge in [0.2, 0.25) is 5.69 Å². The van der Waals surface area contributed by atoms with Crippen LogP contribution in [0.2, 0.25) is 0 Å². The highest BCUT2D eigenvalue weighted by atomic mass is 16.3. The van der Waals surface area contributed by atoms with E-state index in [1.807, 2.05) is 61.5 Å². The summed E-state index contributed by atoms with van der Waals surface area (Å²) >= 11 is 0. The summed E-state index contributed by atoms with van der Waals surface area (Å²) in [5.74, 6) is 0. The molecule has 6 aromatic rings. The molecule has 0 amide bonds. The number of aryl methyl sites for hydroxylation is 4. The lowest BCUT2D eigenvalue weighted by Gasteiger charge is -2.13. The highest BCUT2D eigenvalue weighted by molar-refractivity contribution is 6.10. The molecule has 0 N–H and O–H groups in total. The van der Waals surface area contributed by atoms with Gasteiger partial charge in [0.1, 0.15) is 18.2 Å². The normalized spacial score (nSPS) is 14.3. The number of pyridine rings is 1. The lowest BCUT2D eigenvalue weighted by atomic mass is 9.92. The summed E-state index contributed by atoms with van der Waals surface area (Å²) in [5.41, 5.74) is 6.36. The standard InChI is InChI=1S/C34H27N2O/c1-21-11-14-29-28-16-13-26(35-4)18-32(28)37-34(29)33(21)31-19-30(23(3)20-36(31)5)27-15-12-25(17-22(27)2)24-9-7-6-8-10-24/h6-20H,1-3,5H3/q+1/i2D3,3D3. The molecule has 0 atom stereocenters. The number of aromatic nitrogens is 1. The van der Waals surface area contributed by atoms with Gasteiger partial charge in [0.25, 0.3) is 0 Å². The maximum atomic E-state index is 8.40. The van der Waals surface area contributed by atoms with Gasteiger partial charge in [0, 0.05) is 30.6 Å². The van der Waals surface area contributed by atoms with E-state index in [0.29, 0.717) is 33.7 Å². The van der Waals surface area contributed by atoms with Crippen molar-refractivity contribution in [2.45, 2.75) is 20.6 Å².